The number of fused-ring (bicyclic) bond motifs is 1. The second-order valence-electron chi connectivity index (χ2n) is 3.74. The molecule has 0 radical (unpaired) electrons. The Labute approximate surface area is 98.2 Å². The van der Waals surface area contributed by atoms with Crippen LogP contribution in [0.25, 0.3) is 10.9 Å². The molecule has 2 aromatic rings. The second-order valence-corrected chi connectivity index (χ2v) is 4.15. The fourth-order valence-electron chi connectivity index (χ4n) is 1.67. The Morgan fingerprint density at radius 2 is 2.19 bits per heavy atom. The normalized spacial score (nSPS) is 10.6. The molecule has 0 bridgehead atoms. The van der Waals surface area contributed by atoms with E-state index < -0.39 is 0 Å². The molecule has 0 spiro atoms. The number of benzene rings is 1. The van der Waals surface area contributed by atoms with Crippen LogP contribution in [0.1, 0.15) is 11.3 Å². The van der Waals surface area contributed by atoms with Crippen molar-refractivity contribution in [2.75, 3.05) is 0 Å². The van der Waals surface area contributed by atoms with E-state index in [4.69, 9.17) is 17.3 Å². The number of hydrogen-bond donors (Lipinski definition) is 1. The van der Waals surface area contributed by atoms with Gasteiger partial charge < -0.3 is 5.73 Å². The summed E-state index contributed by atoms with van der Waals surface area (Å²) in [6, 6.07) is 7.36. The van der Waals surface area contributed by atoms with E-state index in [0.717, 1.165) is 22.2 Å². The lowest BCUT2D eigenvalue weighted by atomic mass is 10.1. The number of carbonyl (C=O) groups is 1. The zero-order chi connectivity index (χ0) is 11.7. The summed E-state index contributed by atoms with van der Waals surface area (Å²) in [4.78, 5) is 15.2. The highest BCUT2D eigenvalue weighted by Gasteiger charge is 2.05. The van der Waals surface area contributed by atoms with Crippen LogP contribution in [0, 0.1) is 6.92 Å². The standard InChI is InChI=1S/C12H11ClN2O/c1-7-4-10(13)9-5-8(6-12(14)16)2-3-11(9)15-7/h2-5H,6H2,1H3,(H2,14,16). The molecule has 0 aliphatic rings. The number of pyridine rings is 1. The molecule has 0 saturated heterocycles. The van der Waals surface area contributed by atoms with E-state index in [9.17, 15) is 4.79 Å². The van der Waals surface area contributed by atoms with Crippen molar-refractivity contribution >= 4 is 28.4 Å². The van der Waals surface area contributed by atoms with Crippen LogP contribution in [0.15, 0.2) is 24.3 Å². The summed E-state index contributed by atoms with van der Waals surface area (Å²) < 4.78 is 0. The number of nitrogens with two attached hydrogens (primary N) is 1. The molecule has 1 aromatic heterocycles. The quantitative estimate of drug-likeness (QED) is 0.866. The van der Waals surface area contributed by atoms with Crippen LogP contribution >= 0.6 is 11.6 Å². The number of nitrogens with zero attached hydrogens (tertiary/aromatic N) is 1. The number of hydrogen-bond acceptors (Lipinski definition) is 2. The first-order valence-corrected chi connectivity index (χ1v) is 5.28. The average molecular weight is 235 g/mol. The highest BCUT2D eigenvalue weighted by Crippen LogP contribution is 2.24. The maximum Gasteiger partial charge on any atom is 0.221 e. The number of primary amides is 1. The molecule has 1 amide bonds. The lowest BCUT2D eigenvalue weighted by Gasteiger charge is -2.04. The van der Waals surface area contributed by atoms with Crippen molar-refractivity contribution in [3.05, 3.63) is 40.5 Å². The molecule has 16 heavy (non-hydrogen) atoms. The van der Waals surface area contributed by atoms with Crippen molar-refractivity contribution in [1.82, 2.24) is 4.98 Å². The monoisotopic (exact) mass is 234 g/mol. The molecule has 1 aromatic carbocycles. The minimum atomic E-state index is -0.351. The van der Waals surface area contributed by atoms with Gasteiger partial charge in [0.25, 0.3) is 0 Å². The van der Waals surface area contributed by atoms with Crippen molar-refractivity contribution in [3.63, 3.8) is 0 Å². The highest BCUT2D eigenvalue weighted by molar-refractivity contribution is 6.35. The molecule has 0 unspecified atom stereocenters. The summed E-state index contributed by atoms with van der Waals surface area (Å²) in [5.74, 6) is -0.351. The Hall–Kier alpha value is -1.61. The summed E-state index contributed by atoms with van der Waals surface area (Å²) in [7, 11) is 0. The molecule has 0 fully saturated rings. The van der Waals surface area contributed by atoms with Gasteiger partial charge in [-0.3, -0.25) is 9.78 Å². The maximum absolute atomic E-state index is 10.8. The SMILES string of the molecule is Cc1cc(Cl)c2cc(CC(N)=O)ccc2n1. The first-order chi connectivity index (χ1) is 7.56. The fourth-order valence-corrected chi connectivity index (χ4v) is 1.98. The van der Waals surface area contributed by atoms with Crippen molar-refractivity contribution < 1.29 is 4.79 Å². The minimum Gasteiger partial charge on any atom is -0.369 e. The van der Waals surface area contributed by atoms with Crippen LogP contribution in [0.4, 0.5) is 0 Å². The van der Waals surface area contributed by atoms with E-state index in [-0.39, 0.29) is 12.3 Å². The van der Waals surface area contributed by atoms with Gasteiger partial charge in [-0.15, -0.1) is 0 Å². The van der Waals surface area contributed by atoms with Crippen molar-refractivity contribution in [2.45, 2.75) is 13.3 Å². The number of aromatic nitrogens is 1. The molecule has 4 heteroatoms. The lowest BCUT2D eigenvalue weighted by Crippen LogP contribution is -2.13. The van der Waals surface area contributed by atoms with Gasteiger partial charge in [0.05, 0.1) is 17.0 Å². The zero-order valence-corrected chi connectivity index (χ0v) is 9.58. The van der Waals surface area contributed by atoms with E-state index in [1.165, 1.54) is 0 Å². The predicted octanol–water partition coefficient (Wildman–Crippen LogP) is 2.22. The summed E-state index contributed by atoms with van der Waals surface area (Å²) in [6.07, 6.45) is 0.222. The number of amides is 1. The second kappa shape index (κ2) is 4.10. The van der Waals surface area contributed by atoms with Gasteiger partial charge in [0.1, 0.15) is 0 Å². The Kier molecular flexibility index (Phi) is 2.79. The fraction of sp³-hybridized carbons (Fsp3) is 0.167. The summed E-state index contributed by atoms with van der Waals surface area (Å²) >= 11 is 6.11. The third kappa shape index (κ3) is 2.14. The van der Waals surface area contributed by atoms with Crippen LogP contribution < -0.4 is 5.73 Å². The first kappa shape index (κ1) is 10.9. The van der Waals surface area contributed by atoms with Gasteiger partial charge in [0, 0.05) is 11.1 Å². The van der Waals surface area contributed by atoms with Crippen molar-refractivity contribution in [1.29, 1.82) is 0 Å². The Bertz CT molecular complexity index is 566. The predicted molar refractivity (Wildman–Crippen MR) is 64.4 cm³/mol. The van der Waals surface area contributed by atoms with E-state index in [1.54, 1.807) is 6.07 Å². The minimum absolute atomic E-state index is 0.222. The first-order valence-electron chi connectivity index (χ1n) is 4.90. The molecule has 0 atom stereocenters. The summed E-state index contributed by atoms with van der Waals surface area (Å²) in [5, 5.41) is 1.50. The molecular weight excluding hydrogens is 224 g/mol. The molecule has 1 heterocycles. The average Bonchev–Trinajstić information content (AvgIpc) is 2.18. The van der Waals surface area contributed by atoms with E-state index in [1.807, 2.05) is 25.1 Å². The Morgan fingerprint density at radius 3 is 2.88 bits per heavy atom. The van der Waals surface area contributed by atoms with Crippen LogP contribution in [-0.2, 0) is 11.2 Å². The Balaban J connectivity index is 2.57. The van der Waals surface area contributed by atoms with Gasteiger partial charge in [-0.2, -0.15) is 0 Å². The highest BCUT2D eigenvalue weighted by atomic mass is 35.5. The van der Waals surface area contributed by atoms with Crippen LogP contribution in [-0.4, -0.2) is 10.9 Å². The molecule has 2 rings (SSSR count). The Morgan fingerprint density at radius 1 is 1.44 bits per heavy atom. The van der Waals surface area contributed by atoms with Gasteiger partial charge in [0.15, 0.2) is 0 Å². The van der Waals surface area contributed by atoms with Crippen molar-refractivity contribution in [2.24, 2.45) is 5.73 Å². The number of halogens is 1. The number of carbonyl (C=O) groups excluding carboxylic acids is 1. The van der Waals surface area contributed by atoms with Crippen LogP contribution in [0.2, 0.25) is 5.02 Å². The van der Waals surface area contributed by atoms with Crippen LogP contribution in [0.5, 0.6) is 0 Å². The molecule has 3 nitrogen and oxygen atoms in total. The van der Waals surface area contributed by atoms with E-state index in [0.29, 0.717) is 5.02 Å². The van der Waals surface area contributed by atoms with Crippen molar-refractivity contribution in [3.8, 4) is 0 Å². The third-order valence-electron chi connectivity index (χ3n) is 2.33. The molecule has 0 aliphatic carbocycles. The van der Waals surface area contributed by atoms with Gasteiger partial charge in [-0.25, -0.2) is 0 Å². The summed E-state index contributed by atoms with van der Waals surface area (Å²) in [5.41, 5.74) is 7.70. The van der Waals surface area contributed by atoms with E-state index in [2.05, 4.69) is 4.98 Å². The van der Waals surface area contributed by atoms with Crippen LogP contribution in [0.3, 0.4) is 0 Å². The molecule has 0 saturated carbocycles. The smallest absolute Gasteiger partial charge is 0.221 e. The number of rotatable bonds is 2. The topological polar surface area (TPSA) is 56.0 Å². The largest absolute Gasteiger partial charge is 0.369 e. The van der Waals surface area contributed by atoms with Gasteiger partial charge in [-0.1, -0.05) is 17.7 Å². The molecular formula is C12H11ClN2O. The number of aryl methyl sites for hydroxylation is 1. The molecule has 82 valence electrons. The van der Waals surface area contributed by atoms with E-state index >= 15 is 0 Å². The van der Waals surface area contributed by atoms with Gasteiger partial charge in [-0.05, 0) is 30.7 Å². The zero-order valence-electron chi connectivity index (χ0n) is 8.83. The van der Waals surface area contributed by atoms with Gasteiger partial charge >= 0.3 is 0 Å². The maximum atomic E-state index is 10.8. The molecule has 2 N–H and O–H groups in total. The molecule has 0 aliphatic heterocycles. The lowest BCUT2D eigenvalue weighted by molar-refractivity contribution is -0.117. The third-order valence-corrected chi connectivity index (χ3v) is 2.64. The summed E-state index contributed by atoms with van der Waals surface area (Å²) in [6.45, 7) is 1.89. The van der Waals surface area contributed by atoms with Gasteiger partial charge in [0.2, 0.25) is 5.91 Å².